The number of phenols is 1. The fourth-order valence-corrected chi connectivity index (χ4v) is 3.85. The molecule has 4 rings (SSSR count). The zero-order chi connectivity index (χ0) is 24.1. The van der Waals surface area contributed by atoms with E-state index in [4.69, 9.17) is 5.73 Å². The number of amides is 1. The lowest BCUT2D eigenvalue weighted by Gasteiger charge is -2.13. The second-order valence-corrected chi connectivity index (χ2v) is 7.85. The number of nitrogens with two attached hydrogens (primary N) is 1. The summed E-state index contributed by atoms with van der Waals surface area (Å²) >= 11 is 0. The lowest BCUT2D eigenvalue weighted by Crippen LogP contribution is -2.25. The summed E-state index contributed by atoms with van der Waals surface area (Å²) in [5.74, 6) is -0.653. The summed E-state index contributed by atoms with van der Waals surface area (Å²) in [6.45, 7) is 2.32. The Labute approximate surface area is 197 Å². The molecule has 8 heteroatoms. The number of para-hydroxylation sites is 1. The number of nitrogen functional groups attached to an aromatic ring is 1. The van der Waals surface area contributed by atoms with Crippen molar-refractivity contribution in [2.24, 2.45) is 0 Å². The Morgan fingerprint density at radius 2 is 2.06 bits per heavy atom. The Hall–Kier alpha value is -4.51. The number of anilines is 1. The third-order valence-corrected chi connectivity index (χ3v) is 5.71. The summed E-state index contributed by atoms with van der Waals surface area (Å²) in [5.41, 5.74) is 9.75. The summed E-state index contributed by atoms with van der Waals surface area (Å²) in [7, 11) is 0. The van der Waals surface area contributed by atoms with Gasteiger partial charge in [-0.25, -0.2) is 4.98 Å². The van der Waals surface area contributed by atoms with E-state index in [1.54, 1.807) is 36.8 Å². The van der Waals surface area contributed by atoms with Gasteiger partial charge in [0.25, 0.3) is 5.91 Å². The lowest BCUT2D eigenvalue weighted by atomic mass is 9.99. The third kappa shape index (κ3) is 4.64. The molecule has 170 valence electrons. The number of rotatable bonds is 7. The number of pyridine rings is 3. The van der Waals surface area contributed by atoms with Crippen molar-refractivity contribution < 1.29 is 9.90 Å². The number of carbonyl (C=O) groups excluding carboxylic acids is 1. The van der Waals surface area contributed by atoms with Crippen molar-refractivity contribution in [2.45, 2.75) is 25.7 Å². The van der Waals surface area contributed by atoms with Gasteiger partial charge in [0.15, 0.2) is 0 Å². The molecule has 0 spiro atoms. The molecule has 0 aliphatic heterocycles. The normalized spacial score (nSPS) is 11.6. The van der Waals surface area contributed by atoms with E-state index in [0.29, 0.717) is 23.3 Å². The van der Waals surface area contributed by atoms with Crippen molar-refractivity contribution in [3.8, 4) is 23.1 Å². The van der Waals surface area contributed by atoms with E-state index >= 15 is 0 Å². The molecule has 1 unspecified atom stereocenters. The van der Waals surface area contributed by atoms with Crippen LogP contribution in [0.5, 0.6) is 5.75 Å². The molecular weight excluding hydrogens is 428 g/mol. The number of hydrogen-bond donors (Lipinski definition) is 3. The topological polar surface area (TPSA) is 138 Å². The minimum Gasteiger partial charge on any atom is -0.507 e. The van der Waals surface area contributed by atoms with Gasteiger partial charge in [0.05, 0.1) is 28.9 Å². The van der Waals surface area contributed by atoms with Gasteiger partial charge in [-0.3, -0.25) is 14.8 Å². The Balaban J connectivity index is 1.56. The number of nitrogens with zero attached hydrogens (tertiary/aromatic N) is 4. The highest BCUT2D eigenvalue weighted by Crippen LogP contribution is 2.30. The molecule has 1 atom stereocenters. The number of phenolic OH excluding ortho intramolecular Hbond substituents is 1. The van der Waals surface area contributed by atoms with Gasteiger partial charge >= 0.3 is 0 Å². The summed E-state index contributed by atoms with van der Waals surface area (Å²) in [4.78, 5) is 25.5. The van der Waals surface area contributed by atoms with E-state index in [1.807, 2.05) is 18.2 Å². The maximum absolute atomic E-state index is 12.3. The first-order chi connectivity index (χ1) is 16.5. The Morgan fingerprint density at radius 1 is 1.24 bits per heavy atom. The average Bonchev–Trinajstić information content (AvgIpc) is 2.86. The van der Waals surface area contributed by atoms with Gasteiger partial charge in [-0.1, -0.05) is 19.1 Å². The molecular formula is C26H24N6O2. The van der Waals surface area contributed by atoms with Gasteiger partial charge in [-0.15, -0.1) is 0 Å². The number of aromatic nitrogens is 3. The molecule has 4 N–H and O–H groups in total. The van der Waals surface area contributed by atoms with E-state index in [1.165, 1.54) is 6.07 Å². The number of nitriles is 1. The van der Waals surface area contributed by atoms with Gasteiger partial charge in [0.1, 0.15) is 11.6 Å². The molecule has 1 aromatic carbocycles. The minimum atomic E-state index is -0.531. The smallest absolute Gasteiger partial charge is 0.255 e. The third-order valence-electron chi connectivity index (χ3n) is 5.71. The first-order valence-electron chi connectivity index (χ1n) is 11.0. The van der Waals surface area contributed by atoms with Crippen LogP contribution in [0.4, 0.5) is 5.82 Å². The van der Waals surface area contributed by atoms with Crippen molar-refractivity contribution in [3.63, 3.8) is 0 Å². The highest BCUT2D eigenvalue weighted by atomic mass is 16.3. The van der Waals surface area contributed by atoms with Crippen LogP contribution in [0.3, 0.4) is 0 Å². The number of carbonyl (C=O) groups is 1. The van der Waals surface area contributed by atoms with Crippen LogP contribution in [0.15, 0.2) is 61.1 Å². The van der Waals surface area contributed by atoms with Crippen LogP contribution in [0.2, 0.25) is 0 Å². The molecule has 0 aliphatic rings. The molecule has 3 aromatic heterocycles. The Morgan fingerprint density at radius 3 is 2.82 bits per heavy atom. The lowest BCUT2D eigenvalue weighted by molar-refractivity contribution is 0.0950. The first-order valence-corrected chi connectivity index (χ1v) is 11.0. The van der Waals surface area contributed by atoms with Crippen LogP contribution < -0.4 is 11.1 Å². The highest BCUT2D eigenvalue weighted by molar-refractivity contribution is 5.96. The second kappa shape index (κ2) is 9.96. The van der Waals surface area contributed by atoms with Crippen molar-refractivity contribution in [3.05, 3.63) is 77.9 Å². The number of benzene rings is 1. The predicted octanol–water partition coefficient (Wildman–Crippen LogP) is 3.97. The predicted molar refractivity (Wildman–Crippen MR) is 130 cm³/mol. The van der Waals surface area contributed by atoms with Crippen LogP contribution in [0.25, 0.3) is 22.0 Å². The monoisotopic (exact) mass is 452 g/mol. The maximum atomic E-state index is 12.3. The number of nitrogens with one attached hydrogen (secondary N) is 1. The van der Waals surface area contributed by atoms with E-state index in [0.717, 1.165) is 28.6 Å². The number of aryl methyl sites for hydroxylation is 1. The molecule has 0 radical (unpaired) electrons. The zero-order valence-electron chi connectivity index (χ0n) is 18.7. The van der Waals surface area contributed by atoms with E-state index in [2.05, 4.69) is 33.3 Å². The fraction of sp³-hybridized carbons (Fsp3) is 0.192. The Bertz CT molecular complexity index is 1400. The molecule has 1 amide bonds. The van der Waals surface area contributed by atoms with E-state index < -0.39 is 11.8 Å². The molecule has 3 heterocycles. The number of hydrogen-bond acceptors (Lipinski definition) is 7. The van der Waals surface area contributed by atoms with Crippen molar-refractivity contribution in [2.75, 3.05) is 12.3 Å². The van der Waals surface area contributed by atoms with Gasteiger partial charge in [-0.2, -0.15) is 5.26 Å². The van der Waals surface area contributed by atoms with Crippen LogP contribution in [0, 0.1) is 11.3 Å². The van der Waals surface area contributed by atoms with Gasteiger partial charge < -0.3 is 16.2 Å². The van der Waals surface area contributed by atoms with Gasteiger partial charge in [-0.05, 0) is 54.1 Å². The molecule has 0 fully saturated rings. The minimum absolute atomic E-state index is 0.0881. The second-order valence-electron chi connectivity index (χ2n) is 7.85. The zero-order valence-corrected chi connectivity index (χ0v) is 18.7. The quantitative estimate of drug-likeness (QED) is 0.386. The summed E-state index contributed by atoms with van der Waals surface area (Å²) in [6.07, 6.45) is 6.36. The van der Waals surface area contributed by atoms with Crippen molar-refractivity contribution in [1.29, 1.82) is 5.26 Å². The maximum Gasteiger partial charge on any atom is 0.255 e. The number of aromatic hydroxyl groups is 1. The number of fused-ring (bicyclic) bond motifs is 1. The SMILES string of the molecule is CCc1ccncc1-c1cc2cc(C(C#N)CCNC(=O)c3ccccc3O)ncc2c(N)n1. The van der Waals surface area contributed by atoms with Crippen LogP contribution in [0.1, 0.15) is 40.9 Å². The molecule has 0 saturated heterocycles. The van der Waals surface area contributed by atoms with Crippen LogP contribution >= 0.6 is 0 Å². The van der Waals surface area contributed by atoms with Crippen LogP contribution in [-0.4, -0.2) is 32.5 Å². The molecule has 4 aromatic rings. The van der Waals surface area contributed by atoms with Gasteiger partial charge in [0, 0.05) is 36.1 Å². The summed E-state index contributed by atoms with van der Waals surface area (Å²) in [6, 6.07) is 14.3. The molecule has 8 nitrogen and oxygen atoms in total. The van der Waals surface area contributed by atoms with Crippen LogP contribution in [-0.2, 0) is 6.42 Å². The van der Waals surface area contributed by atoms with Crippen molar-refractivity contribution >= 4 is 22.5 Å². The van der Waals surface area contributed by atoms with E-state index in [-0.39, 0.29) is 17.9 Å². The first kappa shape index (κ1) is 22.7. The van der Waals surface area contributed by atoms with E-state index in [9.17, 15) is 15.2 Å². The average molecular weight is 453 g/mol. The summed E-state index contributed by atoms with van der Waals surface area (Å²) < 4.78 is 0. The molecule has 34 heavy (non-hydrogen) atoms. The highest BCUT2D eigenvalue weighted by Gasteiger charge is 2.17. The molecule has 0 saturated carbocycles. The molecule has 0 bridgehead atoms. The standard InChI is InChI=1S/C26H24N6O2/c1-2-16-7-9-29-14-20(16)23-12-18-11-22(31-15-21(18)25(28)32-23)17(13-27)8-10-30-26(34)19-5-3-4-6-24(19)33/h3-7,9,11-12,14-15,17,33H,2,8,10H2,1H3,(H2,28,32)(H,30,34). The largest absolute Gasteiger partial charge is 0.507 e. The Kier molecular flexibility index (Phi) is 6.64. The van der Waals surface area contributed by atoms with Crippen molar-refractivity contribution in [1.82, 2.24) is 20.3 Å². The molecule has 0 aliphatic carbocycles. The van der Waals surface area contributed by atoms with Gasteiger partial charge in [0.2, 0.25) is 0 Å². The summed E-state index contributed by atoms with van der Waals surface area (Å²) in [5, 5.41) is 23.9. The fourth-order valence-electron chi connectivity index (χ4n) is 3.85.